The number of carbonyl (C=O) groups excluding carboxylic acids is 1. The van der Waals surface area contributed by atoms with Gasteiger partial charge in [-0.2, -0.15) is 0 Å². The van der Waals surface area contributed by atoms with E-state index in [0.29, 0.717) is 0 Å². The van der Waals surface area contributed by atoms with Gasteiger partial charge in [0.25, 0.3) is 0 Å². The quantitative estimate of drug-likeness (QED) is 0.635. The Hall–Kier alpha value is -1.59. The van der Waals surface area contributed by atoms with E-state index in [0.717, 1.165) is 0 Å². The van der Waals surface area contributed by atoms with Crippen molar-refractivity contribution in [2.75, 3.05) is 0 Å². The molecule has 0 aromatic heterocycles. The highest BCUT2D eigenvalue weighted by Gasteiger charge is 2.29. The van der Waals surface area contributed by atoms with Crippen molar-refractivity contribution in [3.05, 3.63) is 0 Å². The Morgan fingerprint density at radius 3 is 1.94 bits per heavy atom. The Bertz CT molecular complexity index is 335. The van der Waals surface area contributed by atoms with Crippen molar-refractivity contribution in [3.63, 3.8) is 0 Å². The third kappa shape index (κ3) is 6.22. The summed E-state index contributed by atoms with van der Waals surface area (Å²) in [5.74, 6) is -2.74. The molecule has 3 N–H and O–H groups in total. The molecule has 0 aromatic rings. The lowest BCUT2D eigenvalue weighted by Crippen LogP contribution is -2.45. The molecule has 18 heavy (non-hydrogen) atoms. The largest absolute Gasteiger partial charge is 0.481 e. The second kappa shape index (κ2) is 6.37. The van der Waals surface area contributed by atoms with Crippen LogP contribution in [0.2, 0.25) is 0 Å². The highest BCUT2D eigenvalue weighted by molar-refractivity contribution is 5.84. The van der Waals surface area contributed by atoms with Crippen molar-refractivity contribution >= 4 is 17.8 Å². The summed E-state index contributed by atoms with van der Waals surface area (Å²) >= 11 is 0. The minimum Gasteiger partial charge on any atom is -0.481 e. The van der Waals surface area contributed by atoms with Crippen LogP contribution >= 0.6 is 0 Å². The fourth-order valence-electron chi connectivity index (χ4n) is 1.64. The molecule has 0 rings (SSSR count). The van der Waals surface area contributed by atoms with E-state index in [1.807, 2.05) is 0 Å². The Kier molecular flexibility index (Phi) is 5.81. The smallest absolute Gasteiger partial charge is 0.326 e. The van der Waals surface area contributed by atoms with Gasteiger partial charge in [-0.1, -0.05) is 27.7 Å². The van der Waals surface area contributed by atoms with E-state index in [2.05, 4.69) is 5.32 Å². The topological polar surface area (TPSA) is 104 Å². The predicted octanol–water partition coefficient (Wildman–Crippen LogP) is 1.10. The van der Waals surface area contributed by atoms with Crippen molar-refractivity contribution in [2.45, 2.75) is 46.6 Å². The summed E-state index contributed by atoms with van der Waals surface area (Å²) in [5.41, 5.74) is -0.698. The van der Waals surface area contributed by atoms with Gasteiger partial charge in [0.15, 0.2) is 0 Å². The first-order valence-electron chi connectivity index (χ1n) is 5.79. The molecule has 0 saturated carbocycles. The van der Waals surface area contributed by atoms with Gasteiger partial charge in [0, 0.05) is 6.42 Å². The maximum absolute atomic E-state index is 11.7. The second-order valence-corrected chi connectivity index (χ2v) is 5.54. The van der Waals surface area contributed by atoms with E-state index in [1.165, 1.54) is 0 Å². The van der Waals surface area contributed by atoms with Crippen LogP contribution in [0.4, 0.5) is 0 Å². The third-order valence-electron chi connectivity index (χ3n) is 2.52. The summed E-state index contributed by atoms with van der Waals surface area (Å²) in [4.78, 5) is 33.2. The number of hydrogen-bond donors (Lipinski definition) is 3. The average Bonchev–Trinajstić information content (AvgIpc) is 2.09. The number of carboxylic acid groups (broad SMARTS) is 2. The number of carbonyl (C=O) groups is 3. The molecule has 0 spiro atoms. The summed E-state index contributed by atoms with van der Waals surface area (Å²) in [6.07, 6.45) is -0.157. The molecular formula is C12H21NO5. The number of hydrogen-bond acceptors (Lipinski definition) is 3. The number of nitrogens with one attached hydrogen (secondary N) is 1. The zero-order valence-corrected chi connectivity index (χ0v) is 11.2. The molecule has 104 valence electrons. The molecule has 0 aliphatic carbocycles. The monoisotopic (exact) mass is 259 g/mol. The van der Waals surface area contributed by atoms with Gasteiger partial charge in [0.1, 0.15) is 6.04 Å². The first-order valence-corrected chi connectivity index (χ1v) is 5.79. The van der Waals surface area contributed by atoms with Crippen molar-refractivity contribution in [1.82, 2.24) is 5.32 Å². The van der Waals surface area contributed by atoms with Crippen molar-refractivity contribution in [3.8, 4) is 0 Å². The van der Waals surface area contributed by atoms with Crippen LogP contribution in [0, 0.1) is 11.3 Å². The van der Waals surface area contributed by atoms with E-state index >= 15 is 0 Å². The zero-order chi connectivity index (χ0) is 14.5. The fraction of sp³-hybridized carbons (Fsp3) is 0.750. The Morgan fingerprint density at radius 2 is 1.61 bits per heavy atom. The van der Waals surface area contributed by atoms with Crippen LogP contribution in [-0.4, -0.2) is 34.1 Å². The molecule has 6 nitrogen and oxygen atoms in total. The van der Waals surface area contributed by atoms with Crippen LogP contribution < -0.4 is 5.32 Å². The number of aliphatic carboxylic acids is 2. The lowest BCUT2D eigenvalue weighted by atomic mass is 9.85. The molecule has 0 radical (unpaired) electrons. The minimum atomic E-state index is -1.09. The molecule has 0 aliphatic rings. The Morgan fingerprint density at radius 1 is 1.11 bits per heavy atom. The molecule has 1 atom stereocenters. The first-order chi connectivity index (χ1) is 8.05. The fourth-order valence-corrected chi connectivity index (χ4v) is 1.64. The lowest BCUT2D eigenvalue weighted by Gasteiger charge is -2.24. The van der Waals surface area contributed by atoms with Crippen LogP contribution in [0.15, 0.2) is 0 Å². The van der Waals surface area contributed by atoms with Gasteiger partial charge in [-0.3, -0.25) is 9.59 Å². The molecule has 1 amide bonds. The number of carboxylic acids is 2. The zero-order valence-electron chi connectivity index (χ0n) is 11.2. The van der Waals surface area contributed by atoms with E-state index in [9.17, 15) is 14.4 Å². The molecular weight excluding hydrogens is 238 g/mol. The third-order valence-corrected chi connectivity index (χ3v) is 2.52. The van der Waals surface area contributed by atoms with Gasteiger partial charge in [-0.15, -0.1) is 0 Å². The van der Waals surface area contributed by atoms with E-state index in [-0.39, 0.29) is 18.8 Å². The molecule has 0 saturated heterocycles. The number of amides is 1. The minimum absolute atomic E-state index is 0.0181. The first kappa shape index (κ1) is 16.4. The highest BCUT2D eigenvalue weighted by Crippen LogP contribution is 2.24. The molecule has 0 aliphatic heterocycles. The van der Waals surface area contributed by atoms with Crippen molar-refractivity contribution in [2.24, 2.45) is 11.3 Å². The summed E-state index contributed by atoms with van der Waals surface area (Å²) in [6, 6.07) is -0.946. The van der Waals surface area contributed by atoms with Gasteiger partial charge in [0.05, 0.1) is 6.42 Å². The average molecular weight is 259 g/mol. The van der Waals surface area contributed by atoms with Crippen molar-refractivity contribution < 1.29 is 24.6 Å². The number of rotatable bonds is 7. The van der Waals surface area contributed by atoms with E-state index < -0.39 is 29.3 Å². The van der Waals surface area contributed by atoms with Crippen LogP contribution in [0.3, 0.4) is 0 Å². The molecule has 0 aromatic carbocycles. The molecule has 0 bridgehead atoms. The Labute approximate surface area is 106 Å². The standard InChI is InChI=1S/C12H21NO5/c1-7(2)10(11(17)18)13-8(14)5-12(3,4)6-9(15)16/h7,10H,5-6H2,1-4H3,(H,13,14)(H,15,16)(H,17,18). The van der Waals surface area contributed by atoms with Gasteiger partial charge >= 0.3 is 11.9 Å². The predicted molar refractivity (Wildman–Crippen MR) is 65.1 cm³/mol. The highest BCUT2D eigenvalue weighted by atomic mass is 16.4. The van der Waals surface area contributed by atoms with Crippen LogP contribution in [0.5, 0.6) is 0 Å². The Balaban J connectivity index is 4.50. The van der Waals surface area contributed by atoms with Gasteiger partial charge in [-0.25, -0.2) is 4.79 Å². The van der Waals surface area contributed by atoms with Crippen LogP contribution in [0.25, 0.3) is 0 Å². The van der Waals surface area contributed by atoms with E-state index in [4.69, 9.17) is 10.2 Å². The van der Waals surface area contributed by atoms with Gasteiger partial charge < -0.3 is 15.5 Å². The molecule has 0 heterocycles. The molecule has 0 fully saturated rings. The summed E-state index contributed by atoms with van der Waals surface area (Å²) in [7, 11) is 0. The van der Waals surface area contributed by atoms with Crippen LogP contribution in [-0.2, 0) is 14.4 Å². The van der Waals surface area contributed by atoms with Crippen molar-refractivity contribution in [1.29, 1.82) is 0 Å². The second-order valence-electron chi connectivity index (χ2n) is 5.54. The van der Waals surface area contributed by atoms with E-state index in [1.54, 1.807) is 27.7 Å². The molecule has 6 heteroatoms. The SMILES string of the molecule is CC(C)C(NC(=O)CC(C)(C)CC(=O)O)C(=O)O. The van der Waals surface area contributed by atoms with Gasteiger partial charge in [0.2, 0.25) is 5.91 Å². The lowest BCUT2D eigenvalue weighted by molar-refractivity contribution is -0.144. The van der Waals surface area contributed by atoms with Gasteiger partial charge in [-0.05, 0) is 11.3 Å². The summed E-state index contributed by atoms with van der Waals surface area (Å²) in [5, 5.41) is 20.0. The summed E-state index contributed by atoms with van der Waals surface area (Å²) < 4.78 is 0. The maximum Gasteiger partial charge on any atom is 0.326 e. The van der Waals surface area contributed by atoms with Crippen LogP contribution in [0.1, 0.15) is 40.5 Å². The molecule has 1 unspecified atom stereocenters. The normalized spacial score (nSPS) is 13.2. The maximum atomic E-state index is 11.7. The summed E-state index contributed by atoms with van der Waals surface area (Å²) in [6.45, 7) is 6.71.